The number of ether oxygens (including phenoxy) is 1. The van der Waals surface area contributed by atoms with Crippen LogP contribution in [0.2, 0.25) is 0 Å². The Balaban J connectivity index is 2.18. The minimum Gasteiger partial charge on any atom is -0.494 e. The molecule has 1 aliphatic heterocycles. The summed E-state index contributed by atoms with van der Waals surface area (Å²) in [4.78, 5) is 2.20. The lowest BCUT2D eigenvalue weighted by atomic mass is 10.1. The van der Waals surface area contributed by atoms with E-state index >= 15 is 0 Å². The van der Waals surface area contributed by atoms with Gasteiger partial charge < -0.3 is 15.2 Å². The van der Waals surface area contributed by atoms with Gasteiger partial charge in [0, 0.05) is 19.6 Å². The van der Waals surface area contributed by atoms with E-state index in [0.29, 0.717) is 0 Å². The van der Waals surface area contributed by atoms with Crippen LogP contribution in [0.25, 0.3) is 0 Å². The third-order valence-electron chi connectivity index (χ3n) is 3.55. The summed E-state index contributed by atoms with van der Waals surface area (Å²) in [7, 11) is 1.45. The van der Waals surface area contributed by atoms with Crippen molar-refractivity contribution in [3.05, 3.63) is 29.6 Å². The normalized spacial score (nSPS) is 18.9. The molecule has 4 nitrogen and oxygen atoms in total. The van der Waals surface area contributed by atoms with Gasteiger partial charge in [0.1, 0.15) is 0 Å². The van der Waals surface area contributed by atoms with Crippen molar-refractivity contribution in [2.75, 3.05) is 39.9 Å². The number of nitrogens with zero attached hydrogens (tertiary/aromatic N) is 1. The molecule has 1 heterocycles. The second kappa shape index (κ2) is 6.84. The Labute approximate surface area is 113 Å². The molecule has 1 fully saturated rings. The molecular weight excluding hydrogens is 247 g/mol. The molecule has 2 rings (SSSR count). The van der Waals surface area contributed by atoms with Crippen molar-refractivity contribution in [1.29, 1.82) is 0 Å². The third kappa shape index (κ3) is 3.43. The maximum absolute atomic E-state index is 13.8. The lowest BCUT2D eigenvalue weighted by molar-refractivity contribution is 0.129. The average molecular weight is 268 g/mol. The predicted molar refractivity (Wildman–Crippen MR) is 71.8 cm³/mol. The van der Waals surface area contributed by atoms with Crippen molar-refractivity contribution >= 4 is 0 Å². The number of hydrogen-bond donors (Lipinski definition) is 2. The van der Waals surface area contributed by atoms with Crippen LogP contribution >= 0.6 is 0 Å². The molecular formula is C14H21FN2O2. The predicted octanol–water partition coefficient (Wildman–Crippen LogP) is 1.16. The number of benzene rings is 1. The lowest BCUT2D eigenvalue weighted by Crippen LogP contribution is -2.34. The summed E-state index contributed by atoms with van der Waals surface area (Å²) in [6.07, 6.45) is 1.04. The molecule has 1 atom stereocenters. The molecule has 5 heteroatoms. The molecule has 0 bridgehead atoms. The van der Waals surface area contributed by atoms with Crippen molar-refractivity contribution in [1.82, 2.24) is 10.2 Å². The topological polar surface area (TPSA) is 44.7 Å². The van der Waals surface area contributed by atoms with E-state index in [-0.39, 0.29) is 24.2 Å². The monoisotopic (exact) mass is 268 g/mol. The van der Waals surface area contributed by atoms with Gasteiger partial charge in [-0.2, -0.15) is 0 Å². The van der Waals surface area contributed by atoms with Gasteiger partial charge in [0.15, 0.2) is 11.6 Å². The van der Waals surface area contributed by atoms with Gasteiger partial charge in [-0.1, -0.05) is 6.07 Å². The Kier molecular flexibility index (Phi) is 5.13. The molecule has 1 aromatic rings. The number of aliphatic hydroxyl groups excluding tert-OH is 1. The fraction of sp³-hybridized carbons (Fsp3) is 0.571. The lowest BCUT2D eigenvalue weighted by Gasteiger charge is -2.29. The Bertz CT molecular complexity index is 406. The molecule has 0 aliphatic carbocycles. The summed E-state index contributed by atoms with van der Waals surface area (Å²) in [6.45, 7) is 3.65. The van der Waals surface area contributed by atoms with Crippen LogP contribution in [0.3, 0.4) is 0 Å². The fourth-order valence-corrected chi connectivity index (χ4v) is 2.50. The summed E-state index contributed by atoms with van der Waals surface area (Å²) in [5.74, 6) is -0.149. The second-order valence-electron chi connectivity index (χ2n) is 4.73. The number of rotatable bonds is 4. The van der Waals surface area contributed by atoms with Gasteiger partial charge >= 0.3 is 0 Å². The van der Waals surface area contributed by atoms with E-state index in [4.69, 9.17) is 4.74 Å². The highest BCUT2D eigenvalue weighted by atomic mass is 19.1. The molecule has 1 aliphatic rings. The smallest absolute Gasteiger partial charge is 0.165 e. The molecule has 0 amide bonds. The standard InChI is InChI=1S/C14H21FN2O2/c1-19-14-4-3-11(9-12(14)15)13(10-18)17-7-2-5-16-6-8-17/h3-4,9,13,16,18H,2,5-8,10H2,1H3. The van der Waals surface area contributed by atoms with Crippen molar-refractivity contribution in [2.24, 2.45) is 0 Å². The van der Waals surface area contributed by atoms with Crippen LogP contribution in [-0.2, 0) is 0 Å². The first-order valence-electron chi connectivity index (χ1n) is 6.65. The molecule has 0 aromatic heterocycles. The Hall–Kier alpha value is -1.17. The first-order chi connectivity index (χ1) is 9.26. The van der Waals surface area contributed by atoms with Gasteiger partial charge in [0.05, 0.1) is 19.8 Å². The summed E-state index contributed by atoms with van der Waals surface area (Å²) >= 11 is 0. The van der Waals surface area contributed by atoms with Crippen molar-refractivity contribution < 1.29 is 14.2 Å². The number of aliphatic hydroxyl groups is 1. The number of hydrogen-bond acceptors (Lipinski definition) is 4. The average Bonchev–Trinajstić information content (AvgIpc) is 2.69. The van der Waals surface area contributed by atoms with Gasteiger partial charge in [0.25, 0.3) is 0 Å². The van der Waals surface area contributed by atoms with Crippen molar-refractivity contribution in [2.45, 2.75) is 12.5 Å². The van der Waals surface area contributed by atoms with E-state index < -0.39 is 0 Å². The number of methoxy groups -OCH3 is 1. The quantitative estimate of drug-likeness (QED) is 0.860. The molecule has 0 radical (unpaired) electrons. The van der Waals surface area contributed by atoms with Gasteiger partial charge in [0.2, 0.25) is 0 Å². The Morgan fingerprint density at radius 1 is 1.42 bits per heavy atom. The van der Waals surface area contributed by atoms with Crippen LogP contribution in [0.4, 0.5) is 4.39 Å². The largest absolute Gasteiger partial charge is 0.494 e. The highest BCUT2D eigenvalue weighted by molar-refractivity contribution is 5.31. The van der Waals surface area contributed by atoms with Gasteiger partial charge in [-0.25, -0.2) is 4.39 Å². The zero-order valence-electron chi connectivity index (χ0n) is 11.2. The van der Waals surface area contributed by atoms with E-state index in [2.05, 4.69) is 10.2 Å². The minimum absolute atomic E-state index is 0.00817. The van der Waals surface area contributed by atoms with E-state index in [1.54, 1.807) is 6.07 Å². The van der Waals surface area contributed by atoms with Crippen molar-refractivity contribution in [3.8, 4) is 5.75 Å². The molecule has 0 spiro atoms. The van der Waals surface area contributed by atoms with Crippen molar-refractivity contribution in [3.63, 3.8) is 0 Å². The Morgan fingerprint density at radius 3 is 2.95 bits per heavy atom. The second-order valence-corrected chi connectivity index (χ2v) is 4.73. The zero-order chi connectivity index (χ0) is 13.7. The summed E-state index contributed by atoms with van der Waals surface area (Å²) in [6, 6.07) is 4.74. The molecule has 1 saturated heterocycles. The van der Waals surface area contributed by atoms with Gasteiger partial charge in [-0.05, 0) is 30.7 Å². The van der Waals surface area contributed by atoms with Crippen LogP contribution < -0.4 is 10.1 Å². The van der Waals surface area contributed by atoms with Gasteiger partial charge in [-0.15, -0.1) is 0 Å². The molecule has 2 N–H and O–H groups in total. The third-order valence-corrected chi connectivity index (χ3v) is 3.55. The highest BCUT2D eigenvalue weighted by Gasteiger charge is 2.21. The SMILES string of the molecule is COc1ccc(C(CO)N2CCCNCC2)cc1F. The highest BCUT2D eigenvalue weighted by Crippen LogP contribution is 2.25. The molecule has 1 aromatic carbocycles. The number of halogens is 1. The van der Waals surface area contributed by atoms with Crippen LogP contribution in [0.1, 0.15) is 18.0 Å². The van der Waals surface area contributed by atoms with Gasteiger partial charge in [-0.3, -0.25) is 4.90 Å². The van der Waals surface area contributed by atoms with E-state index in [1.165, 1.54) is 13.2 Å². The van der Waals surface area contributed by atoms with Crippen LogP contribution in [0.15, 0.2) is 18.2 Å². The molecule has 1 unspecified atom stereocenters. The molecule has 0 saturated carbocycles. The maximum Gasteiger partial charge on any atom is 0.165 e. The van der Waals surface area contributed by atoms with E-state index in [0.717, 1.165) is 38.2 Å². The number of nitrogens with one attached hydrogen (secondary N) is 1. The van der Waals surface area contributed by atoms with E-state index in [1.807, 2.05) is 6.07 Å². The zero-order valence-corrected chi connectivity index (χ0v) is 11.2. The maximum atomic E-state index is 13.8. The summed E-state index contributed by atoms with van der Waals surface area (Å²) < 4.78 is 18.7. The first kappa shape index (κ1) is 14.2. The summed E-state index contributed by atoms with van der Waals surface area (Å²) in [5.41, 5.74) is 0.794. The summed E-state index contributed by atoms with van der Waals surface area (Å²) in [5, 5.41) is 12.9. The van der Waals surface area contributed by atoms with Crippen LogP contribution in [0.5, 0.6) is 5.75 Å². The minimum atomic E-state index is -0.383. The Morgan fingerprint density at radius 2 is 2.26 bits per heavy atom. The molecule has 19 heavy (non-hydrogen) atoms. The van der Waals surface area contributed by atoms with E-state index in [9.17, 15) is 9.50 Å². The van der Waals surface area contributed by atoms with Crippen LogP contribution in [0, 0.1) is 5.82 Å². The first-order valence-corrected chi connectivity index (χ1v) is 6.65. The van der Waals surface area contributed by atoms with Crippen LogP contribution in [-0.4, -0.2) is 49.9 Å². The fourth-order valence-electron chi connectivity index (χ4n) is 2.50. The molecule has 106 valence electrons.